The van der Waals surface area contributed by atoms with Gasteiger partial charge in [-0.15, -0.1) is 11.8 Å². The van der Waals surface area contributed by atoms with Crippen LogP contribution in [0.4, 0.5) is 5.69 Å². The van der Waals surface area contributed by atoms with E-state index in [1.54, 1.807) is 30.0 Å². The van der Waals surface area contributed by atoms with E-state index >= 15 is 0 Å². The molecule has 0 saturated carbocycles. The van der Waals surface area contributed by atoms with E-state index in [0.29, 0.717) is 23.7 Å². The van der Waals surface area contributed by atoms with E-state index in [9.17, 15) is 13.2 Å². The molecule has 0 unspecified atom stereocenters. The Balaban J connectivity index is 1.84. The number of hydrogen-bond donors (Lipinski definition) is 1. The van der Waals surface area contributed by atoms with Crippen molar-refractivity contribution >= 4 is 45.0 Å². The molecule has 0 aromatic heterocycles. The molecule has 1 aliphatic rings. The van der Waals surface area contributed by atoms with Gasteiger partial charge in [0.05, 0.1) is 4.90 Å². The van der Waals surface area contributed by atoms with E-state index in [1.807, 2.05) is 24.5 Å². The van der Waals surface area contributed by atoms with Crippen molar-refractivity contribution in [2.75, 3.05) is 18.1 Å². The summed E-state index contributed by atoms with van der Waals surface area (Å²) in [5.74, 6) is -0.300. The lowest BCUT2D eigenvalue weighted by atomic mass is 10.0. The van der Waals surface area contributed by atoms with Crippen LogP contribution in [0.1, 0.15) is 19.3 Å². The highest BCUT2D eigenvalue weighted by Gasteiger charge is 2.37. The first-order valence-corrected chi connectivity index (χ1v) is 11.7. The fourth-order valence-corrected chi connectivity index (χ4v) is 5.36. The third kappa shape index (κ3) is 4.66. The van der Waals surface area contributed by atoms with Gasteiger partial charge in [-0.25, -0.2) is 8.42 Å². The van der Waals surface area contributed by atoms with E-state index in [1.165, 1.54) is 16.4 Å². The molecular formula is C19H21ClN2O3S2. The molecule has 1 fully saturated rings. The van der Waals surface area contributed by atoms with E-state index < -0.39 is 16.1 Å². The molecule has 3 rings (SSSR count). The van der Waals surface area contributed by atoms with Crippen molar-refractivity contribution in [3.8, 4) is 0 Å². The number of piperidine rings is 1. The van der Waals surface area contributed by atoms with Crippen molar-refractivity contribution in [1.82, 2.24) is 4.31 Å². The molecule has 27 heavy (non-hydrogen) atoms. The van der Waals surface area contributed by atoms with E-state index in [0.717, 1.165) is 17.7 Å². The summed E-state index contributed by atoms with van der Waals surface area (Å²) in [7, 11) is -3.77. The number of sulfonamides is 1. The zero-order valence-electron chi connectivity index (χ0n) is 14.9. The highest BCUT2D eigenvalue weighted by Crippen LogP contribution is 2.27. The normalized spacial score (nSPS) is 18.2. The monoisotopic (exact) mass is 424 g/mol. The maximum Gasteiger partial charge on any atom is 0.243 e. The minimum atomic E-state index is -3.77. The van der Waals surface area contributed by atoms with Gasteiger partial charge in [0, 0.05) is 22.2 Å². The molecular weight excluding hydrogens is 404 g/mol. The number of anilines is 1. The Hall–Kier alpha value is -1.54. The van der Waals surface area contributed by atoms with Gasteiger partial charge in [0.1, 0.15) is 6.04 Å². The van der Waals surface area contributed by atoms with Gasteiger partial charge in [-0.2, -0.15) is 4.31 Å². The molecule has 144 valence electrons. The Morgan fingerprint density at radius 2 is 1.93 bits per heavy atom. The Bertz CT molecular complexity index is 917. The number of benzene rings is 2. The molecule has 5 nitrogen and oxygen atoms in total. The van der Waals surface area contributed by atoms with Crippen LogP contribution in [0.15, 0.2) is 58.3 Å². The van der Waals surface area contributed by atoms with Crippen LogP contribution in [-0.2, 0) is 14.8 Å². The Kier molecular flexibility index (Phi) is 6.47. The Morgan fingerprint density at radius 3 is 2.63 bits per heavy atom. The highest BCUT2D eigenvalue weighted by atomic mass is 35.5. The molecule has 1 N–H and O–H groups in total. The summed E-state index contributed by atoms with van der Waals surface area (Å²) in [6.07, 6.45) is 4.01. The molecule has 1 saturated heterocycles. The lowest BCUT2D eigenvalue weighted by Gasteiger charge is -2.33. The third-order valence-electron chi connectivity index (χ3n) is 4.51. The first kappa shape index (κ1) is 20.2. The van der Waals surface area contributed by atoms with Crippen LogP contribution in [0.2, 0.25) is 5.02 Å². The average molecular weight is 425 g/mol. The van der Waals surface area contributed by atoms with Crippen LogP contribution < -0.4 is 5.32 Å². The summed E-state index contributed by atoms with van der Waals surface area (Å²) in [6.45, 7) is 0.327. The zero-order valence-corrected chi connectivity index (χ0v) is 17.3. The van der Waals surface area contributed by atoms with Crippen molar-refractivity contribution in [2.24, 2.45) is 0 Å². The van der Waals surface area contributed by atoms with E-state index in [-0.39, 0.29) is 10.8 Å². The smallest absolute Gasteiger partial charge is 0.243 e. The van der Waals surface area contributed by atoms with Crippen molar-refractivity contribution in [2.45, 2.75) is 35.1 Å². The number of nitrogens with zero attached hydrogens (tertiary/aromatic N) is 1. The van der Waals surface area contributed by atoms with Crippen LogP contribution >= 0.6 is 23.4 Å². The van der Waals surface area contributed by atoms with Gasteiger partial charge in [0.2, 0.25) is 15.9 Å². The molecule has 8 heteroatoms. The number of rotatable bonds is 5. The minimum Gasteiger partial charge on any atom is -0.325 e. The van der Waals surface area contributed by atoms with Crippen LogP contribution in [-0.4, -0.2) is 37.5 Å². The van der Waals surface area contributed by atoms with Gasteiger partial charge in [0.25, 0.3) is 0 Å². The summed E-state index contributed by atoms with van der Waals surface area (Å²) in [4.78, 5) is 14.0. The average Bonchev–Trinajstić information content (AvgIpc) is 2.68. The largest absolute Gasteiger partial charge is 0.325 e. The van der Waals surface area contributed by atoms with E-state index in [2.05, 4.69) is 5.32 Å². The molecule has 0 spiro atoms. The Labute approximate surface area is 169 Å². The van der Waals surface area contributed by atoms with Gasteiger partial charge < -0.3 is 5.32 Å². The second kappa shape index (κ2) is 8.65. The number of hydrogen-bond acceptors (Lipinski definition) is 4. The number of amides is 1. The summed E-state index contributed by atoms with van der Waals surface area (Å²) >= 11 is 7.45. The maximum absolute atomic E-state index is 13.1. The van der Waals surface area contributed by atoms with Crippen LogP contribution in [0.3, 0.4) is 0 Å². The zero-order chi connectivity index (χ0) is 19.4. The molecule has 1 atom stereocenters. The number of carbonyl (C=O) groups excluding carboxylic acids is 1. The van der Waals surface area contributed by atoms with Gasteiger partial charge >= 0.3 is 0 Å². The first-order valence-electron chi connectivity index (χ1n) is 8.64. The van der Waals surface area contributed by atoms with E-state index in [4.69, 9.17) is 11.6 Å². The summed E-state index contributed by atoms with van der Waals surface area (Å²) in [5.41, 5.74) is 0.668. The lowest BCUT2D eigenvalue weighted by molar-refractivity contribution is -0.120. The van der Waals surface area contributed by atoms with Gasteiger partial charge in [-0.05, 0) is 61.6 Å². The molecule has 1 aliphatic heterocycles. The highest BCUT2D eigenvalue weighted by molar-refractivity contribution is 7.98. The Morgan fingerprint density at radius 1 is 1.19 bits per heavy atom. The molecule has 1 heterocycles. The second-order valence-corrected chi connectivity index (χ2v) is 9.51. The predicted molar refractivity (Wildman–Crippen MR) is 110 cm³/mol. The van der Waals surface area contributed by atoms with Crippen LogP contribution in [0.5, 0.6) is 0 Å². The molecule has 2 aromatic carbocycles. The molecule has 1 amide bonds. The number of nitrogens with one attached hydrogen (secondary N) is 1. The lowest BCUT2D eigenvalue weighted by Crippen LogP contribution is -2.49. The maximum atomic E-state index is 13.1. The predicted octanol–water partition coefficient (Wildman–Crippen LogP) is 4.24. The van der Waals surface area contributed by atoms with Gasteiger partial charge in [-0.1, -0.05) is 24.1 Å². The minimum absolute atomic E-state index is 0.149. The van der Waals surface area contributed by atoms with Crippen molar-refractivity contribution in [3.63, 3.8) is 0 Å². The topological polar surface area (TPSA) is 66.5 Å². The fourth-order valence-electron chi connectivity index (χ4n) is 3.12. The van der Waals surface area contributed by atoms with Crippen LogP contribution in [0.25, 0.3) is 0 Å². The summed E-state index contributed by atoms with van der Waals surface area (Å²) < 4.78 is 27.4. The number of thioether (sulfide) groups is 1. The van der Waals surface area contributed by atoms with Gasteiger partial charge in [-0.3, -0.25) is 4.79 Å². The molecule has 2 aromatic rings. The van der Waals surface area contributed by atoms with Crippen molar-refractivity contribution < 1.29 is 13.2 Å². The van der Waals surface area contributed by atoms with Crippen LogP contribution in [0, 0.1) is 0 Å². The summed E-state index contributed by atoms with van der Waals surface area (Å²) in [5, 5.41) is 3.34. The fraction of sp³-hybridized carbons (Fsp3) is 0.316. The standard InChI is InChI=1S/C19H21ClN2O3S2/c1-26-16-6-4-5-15(13-16)21-19(23)18-7-2-3-12-22(18)27(24,25)17-10-8-14(20)9-11-17/h4-6,8-11,13,18H,2-3,7,12H2,1H3,(H,21,23)/t18-/m1/s1. The third-order valence-corrected chi connectivity index (χ3v) is 7.41. The molecule has 0 bridgehead atoms. The SMILES string of the molecule is CSc1cccc(NC(=O)[C@H]2CCCCN2S(=O)(=O)c2ccc(Cl)cc2)c1. The molecule has 0 radical (unpaired) electrons. The van der Waals surface area contributed by atoms with Gasteiger partial charge in [0.15, 0.2) is 0 Å². The van der Waals surface area contributed by atoms with Crippen molar-refractivity contribution in [1.29, 1.82) is 0 Å². The summed E-state index contributed by atoms with van der Waals surface area (Å²) in [6, 6.07) is 12.8. The second-order valence-electron chi connectivity index (χ2n) is 6.30. The molecule has 0 aliphatic carbocycles. The quantitative estimate of drug-likeness (QED) is 0.729. The first-order chi connectivity index (χ1) is 12.9. The number of carbonyl (C=O) groups is 1. The van der Waals surface area contributed by atoms with Crippen molar-refractivity contribution in [3.05, 3.63) is 53.6 Å². The number of halogens is 1.